The van der Waals surface area contributed by atoms with Gasteiger partial charge in [-0.05, 0) is 25.5 Å². The van der Waals surface area contributed by atoms with E-state index >= 15 is 0 Å². The summed E-state index contributed by atoms with van der Waals surface area (Å²) in [7, 11) is 0. The summed E-state index contributed by atoms with van der Waals surface area (Å²) in [5.74, 6) is 1.25. The van der Waals surface area contributed by atoms with Crippen LogP contribution >= 0.6 is 0 Å². The summed E-state index contributed by atoms with van der Waals surface area (Å²) in [6, 6.07) is 9.29. The zero-order valence-corrected chi connectivity index (χ0v) is 17.2. The standard InChI is InChI=1S/C22H21N7O2/c1-14-3-5-17(15(2)9-14)22-18(19-12-23-13-27-19)11-26-21(28-22)7-8-24-20-6-4-16(10-25-20)29(30)31/h3-6,9-13H,7-8H2,1-2H3,(H,23,27)(H,24,25). The Labute approximate surface area is 178 Å². The molecule has 1 aromatic carbocycles. The molecule has 0 aliphatic heterocycles. The van der Waals surface area contributed by atoms with Crippen LogP contribution in [-0.2, 0) is 6.42 Å². The van der Waals surface area contributed by atoms with Gasteiger partial charge in [-0.2, -0.15) is 0 Å². The molecule has 9 nitrogen and oxygen atoms in total. The van der Waals surface area contributed by atoms with Crippen molar-refractivity contribution in [1.29, 1.82) is 0 Å². The summed E-state index contributed by atoms with van der Waals surface area (Å²) in [4.78, 5) is 31.0. The Morgan fingerprint density at radius 2 is 1.94 bits per heavy atom. The molecule has 0 aliphatic carbocycles. The van der Waals surface area contributed by atoms with Gasteiger partial charge in [0.15, 0.2) is 0 Å². The predicted octanol–water partition coefficient (Wildman–Crippen LogP) is 4.11. The van der Waals surface area contributed by atoms with Crippen LogP contribution in [0.3, 0.4) is 0 Å². The Hall–Kier alpha value is -4.14. The van der Waals surface area contributed by atoms with E-state index in [-0.39, 0.29) is 5.69 Å². The number of pyridine rings is 1. The maximum atomic E-state index is 10.7. The first-order chi connectivity index (χ1) is 15.0. The maximum Gasteiger partial charge on any atom is 0.287 e. The molecule has 156 valence electrons. The number of hydrogen-bond donors (Lipinski definition) is 2. The van der Waals surface area contributed by atoms with Crippen LogP contribution in [0.15, 0.2) is 55.2 Å². The van der Waals surface area contributed by atoms with Gasteiger partial charge in [0.1, 0.15) is 17.8 Å². The lowest BCUT2D eigenvalue weighted by Crippen LogP contribution is -2.09. The third kappa shape index (κ3) is 4.55. The summed E-state index contributed by atoms with van der Waals surface area (Å²) in [5.41, 5.74) is 5.93. The van der Waals surface area contributed by atoms with Gasteiger partial charge in [-0.3, -0.25) is 10.1 Å². The Morgan fingerprint density at radius 3 is 2.61 bits per heavy atom. The van der Waals surface area contributed by atoms with E-state index in [2.05, 4.69) is 57.3 Å². The fourth-order valence-corrected chi connectivity index (χ4v) is 3.32. The van der Waals surface area contributed by atoms with E-state index in [1.165, 1.54) is 17.8 Å². The molecule has 0 fully saturated rings. The average molecular weight is 415 g/mol. The van der Waals surface area contributed by atoms with Gasteiger partial charge in [0.25, 0.3) is 5.69 Å². The van der Waals surface area contributed by atoms with Crippen molar-refractivity contribution < 1.29 is 4.92 Å². The molecule has 3 aromatic heterocycles. The normalized spacial score (nSPS) is 10.8. The van der Waals surface area contributed by atoms with Crippen molar-refractivity contribution in [3.05, 3.63) is 82.3 Å². The highest BCUT2D eigenvalue weighted by Crippen LogP contribution is 2.31. The highest BCUT2D eigenvalue weighted by Gasteiger charge is 2.15. The fourth-order valence-electron chi connectivity index (χ4n) is 3.32. The summed E-state index contributed by atoms with van der Waals surface area (Å²) < 4.78 is 0. The van der Waals surface area contributed by atoms with Crippen LogP contribution in [0.25, 0.3) is 22.5 Å². The van der Waals surface area contributed by atoms with Gasteiger partial charge < -0.3 is 10.3 Å². The molecular formula is C22H21N7O2. The monoisotopic (exact) mass is 415 g/mol. The topological polar surface area (TPSA) is 123 Å². The van der Waals surface area contributed by atoms with Crippen LogP contribution in [0.1, 0.15) is 17.0 Å². The molecule has 0 saturated heterocycles. The summed E-state index contributed by atoms with van der Waals surface area (Å²) in [6.45, 7) is 4.68. The SMILES string of the molecule is Cc1ccc(-c2nc(CCNc3ccc([N+](=O)[O-])cn3)ncc2-c2cnc[nH]2)c(C)c1. The Bertz CT molecular complexity index is 1210. The van der Waals surface area contributed by atoms with Gasteiger partial charge >= 0.3 is 0 Å². The van der Waals surface area contributed by atoms with Gasteiger partial charge in [0, 0.05) is 36.4 Å². The van der Waals surface area contributed by atoms with E-state index in [1.807, 2.05) is 6.20 Å². The highest BCUT2D eigenvalue weighted by atomic mass is 16.6. The Morgan fingerprint density at radius 1 is 1.06 bits per heavy atom. The van der Waals surface area contributed by atoms with E-state index < -0.39 is 4.92 Å². The van der Waals surface area contributed by atoms with Crippen LogP contribution in [0.4, 0.5) is 11.5 Å². The van der Waals surface area contributed by atoms with Gasteiger partial charge in [0.2, 0.25) is 0 Å². The van der Waals surface area contributed by atoms with E-state index in [0.717, 1.165) is 28.1 Å². The number of aromatic nitrogens is 5. The van der Waals surface area contributed by atoms with Gasteiger partial charge in [-0.1, -0.05) is 23.8 Å². The molecule has 0 unspecified atom stereocenters. The lowest BCUT2D eigenvalue weighted by molar-refractivity contribution is -0.385. The molecule has 2 N–H and O–H groups in total. The third-order valence-electron chi connectivity index (χ3n) is 4.88. The number of imidazole rings is 1. The van der Waals surface area contributed by atoms with Crippen LogP contribution in [0.2, 0.25) is 0 Å². The van der Waals surface area contributed by atoms with Crippen molar-refractivity contribution >= 4 is 11.5 Å². The van der Waals surface area contributed by atoms with Gasteiger partial charge in [-0.15, -0.1) is 0 Å². The second-order valence-electron chi connectivity index (χ2n) is 7.17. The molecular weight excluding hydrogens is 394 g/mol. The first-order valence-corrected chi connectivity index (χ1v) is 9.78. The van der Waals surface area contributed by atoms with Crippen molar-refractivity contribution in [3.63, 3.8) is 0 Å². The number of benzene rings is 1. The molecule has 0 atom stereocenters. The number of H-pyrrole nitrogens is 1. The average Bonchev–Trinajstić information content (AvgIpc) is 3.29. The molecule has 0 aliphatic rings. The molecule has 0 bridgehead atoms. The number of hydrogen-bond acceptors (Lipinski definition) is 7. The van der Waals surface area contributed by atoms with E-state index in [1.54, 1.807) is 18.6 Å². The number of nitro groups is 1. The van der Waals surface area contributed by atoms with Crippen LogP contribution in [0.5, 0.6) is 0 Å². The van der Waals surface area contributed by atoms with E-state index in [9.17, 15) is 10.1 Å². The molecule has 31 heavy (non-hydrogen) atoms. The number of rotatable bonds is 7. The van der Waals surface area contributed by atoms with E-state index in [4.69, 9.17) is 4.98 Å². The molecule has 0 spiro atoms. The Balaban J connectivity index is 1.57. The highest BCUT2D eigenvalue weighted by molar-refractivity contribution is 5.79. The van der Waals surface area contributed by atoms with Crippen molar-refractivity contribution in [1.82, 2.24) is 24.9 Å². The van der Waals surface area contributed by atoms with Gasteiger partial charge in [0.05, 0.1) is 28.8 Å². The molecule has 0 amide bonds. The number of aryl methyl sites for hydroxylation is 2. The minimum Gasteiger partial charge on any atom is -0.370 e. The summed E-state index contributed by atoms with van der Waals surface area (Å²) >= 11 is 0. The van der Waals surface area contributed by atoms with Gasteiger partial charge in [-0.25, -0.2) is 19.9 Å². The molecule has 4 rings (SSSR count). The number of anilines is 1. The third-order valence-corrected chi connectivity index (χ3v) is 4.88. The van der Waals surface area contributed by atoms with Crippen molar-refractivity contribution in [2.75, 3.05) is 11.9 Å². The molecule has 3 heterocycles. The van der Waals surface area contributed by atoms with E-state index in [0.29, 0.717) is 24.6 Å². The first kappa shape index (κ1) is 20.1. The molecule has 0 saturated carbocycles. The largest absolute Gasteiger partial charge is 0.370 e. The lowest BCUT2D eigenvalue weighted by atomic mass is 9.99. The lowest BCUT2D eigenvalue weighted by Gasteiger charge is -2.12. The first-order valence-electron chi connectivity index (χ1n) is 9.78. The van der Waals surface area contributed by atoms with Crippen molar-refractivity contribution in [2.24, 2.45) is 0 Å². The predicted molar refractivity (Wildman–Crippen MR) is 118 cm³/mol. The quantitative estimate of drug-likeness (QED) is 0.344. The van der Waals surface area contributed by atoms with Crippen LogP contribution in [-0.4, -0.2) is 36.4 Å². The second-order valence-corrected chi connectivity index (χ2v) is 7.17. The number of nitrogens with zero attached hydrogens (tertiary/aromatic N) is 5. The zero-order chi connectivity index (χ0) is 21.8. The summed E-state index contributed by atoms with van der Waals surface area (Å²) in [6.07, 6.45) is 7.01. The molecule has 4 aromatic rings. The minimum atomic E-state index is -0.472. The fraction of sp³-hybridized carbons (Fsp3) is 0.182. The smallest absolute Gasteiger partial charge is 0.287 e. The van der Waals surface area contributed by atoms with Crippen LogP contribution in [0, 0.1) is 24.0 Å². The number of aromatic amines is 1. The molecule has 9 heteroatoms. The summed E-state index contributed by atoms with van der Waals surface area (Å²) in [5, 5.41) is 13.9. The Kier molecular flexibility index (Phi) is 5.65. The maximum absolute atomic E-state index is 10.7. The number of nitrogens with one attached hydrogen (secondary N) is 2. The van der Waals surface area contributed by atoms with Crippen molar-refractivity contribution in [2.45, 2.75) is 20.3 Å². The minimum absolute atomic E-state index is 0.0404. The zero-order valence-electron chi connectivity index (χ0n) is 17.2. The second kappa shape index (κ2) is 8.70. The molecule has 0 radical (unpaired) electrons. The van der Waals surface area contributed by atoms with Crippen molar-refractivity contribution in [3.8, 4) is 22.5 Å². The van der Waals surface area contributed by atoms with Crippen LogP contribution < -0.4 is 5.32 Å².